The lowest BCUT2D eigenvalue weighted by Crippen LogP contribution is -2.46. The predicted molar refractivity (Wildman–Crippen MR) is 66.7 cm³/mol. The van der Waals surface area contributed by atoms with Crippen LogP contribution in [0.4, 0.5) is 0 Å². The highest BCUT2D eigenvalue weighted by Crippen LogP contribution is 2.50. The van der Waals surface area contributed by atoms with E-state index in [0.29, 0.717) is 18.1 Å². The number of hydrogen-bond acceptors (Lipinski definition) is 3. The molecule has 94 valence electrons. The van der Waals surface area contributed by atoms with Gasteiger partial charge in [-0.15, -0.1) is 11.8 Å². The highest BCUT2D eigenvalue weighted by Gasteiger charge is 2.48. The molecule has 1 saturated carbocycles. The molecule has 2 atom stereocenters. The predicted octanol–water partition coefficient (Wildman–Crippen LogP) is 2.38. The fourth-order valence-corrected chi connectivity index (χ4v) is 4.57. The van der Waals surface area contributed by atoms with E-state index in [1.54, 1.807) is 0 Å². The number of thioether (sulfide) groups is 1. The third-order valence-electron chi connectivity index (χ3n) is 3.20. The second-order valence-electron chi connectivity index (χ2n) is 5.73. The van der Waals surface area contributed by atoms with Crippen molar-refractivity contribution in [2.45, 2.75) is 44.8 Å². The Morgan fingerprint density at radius 2 is 2.06 bits per heavy atom. The molecule has 0 aliphatic heterocycles. The summed E-state index contributed by atoms with van der Waals surface area (Å²) in [5.41, 5.74) is 0.0819. The van der Waals surface area contributed by atoms with Crippen molar-refractivity contribution in [1.82, 2.24) is 0 Å². The van der Waals surface area contributed by atoms with Gasteiger partial charge in [0.2, 0.25) is 0 Å². The molecule has 0 bridgehead atoms. The molecule has 1 aliphatic carbocycles. The first kappa shape index (κ1) is 13.8. The minimum Gasteiger partial charge on any atom is -0.480 e. The van der Waals surface area contributed by atoms with Crippen LogP contribution >= 0.6 is 11.8 Å². The molecule has 0 saturated heterocycles. The molecule has 0 spiro atoms. The van der Waals surface area contributed by atoms with Crippen LogP contribution in [0, 0.1) is 11.3 Å². The summed E-state index contributed by atoms with van der Waals surface area (Å²) >= 11 is 1.41. The molecule has 0 heterocycles. The maximum absolute atomic E-state index is 11.5. The maximum atomic E-state index is 11.5. The zero-order valence-electron chi connectivity index (χ0n) is 10.3. The smallest absolute Gasteiger partial charge is 0.319 e. The van der Waals surface area contributed by atoms with Gasteiger partial charge in [0.25, 0.3) is 0 Å². The molecule has 2 N–H and O–H groups in total. The van der Waals surface area contributed by atoms with Crippen LogP contribution in [0.3, 0.4) is 0 Å². The molecule has 3 nitrogen and oxygen atoms in total. The van der Waals surface area contributed by atoms with E-state index in [1.807, 2.05) is 0 Å². The van der Waals surface area contributed by atoms with E-state index in [2.05, 4.69) is 20.8 Å². The highest BCUT2D eigenvalue weighted by atomic mass is 32.2. The molecule has 0 radical (unpaired) electrons. The average Bonchev–Trinajstić information content (AvgIpc) is 2.11. The van der Waals surface area contributed by atoms with E-state index in [9.17, 15) is 9.90 Å². The number of carbonyl (C=O) groups is 1. The van der Waals surface area contributed by atoms with Crippen LogP contribution in [0.15, 0.2) is 0 Å². The number of rotatable bonds is 4. The van der Waals surface area contributed by atoms with E-state index >= 15 is 0 Å². The van der Waals surface area contributed by atoms with E-state index in [-0.39, 0.29) is 12.0 Å². The van der Waals surface area contributed by atoms with Crippen LogP contribution in [0.2, 0.25) is 0 Å². The quantitative estimate of drug-likeness (QED) is 0.799. The number of carboxylic acid groups (broad SMARTS) is 1. The molecule has 2 unspecified atom stereocenters. The summed E-state index contributed by atoms with van der Waals surface area (Å²) in [5, 5.41) is 18.3. The summed E-state index contributed by atoms with van der Waals surface area (Å²) in [4.78, 5) is 11.5. The van der Waals surface area contributed by atoms with Crippen molar-refractivity contribution in [2.24, 2.45) is 11.3 Å². The van der Waals surface area contributed by atoms with E-state index in [0.717, 1.165) is 12.8 Å². The Kier molecular flexibility index (Phi) is 4.29. The lowest BCUT2D eigenvalue weighted by Gasteiger charge is -2.44. The summed E-state index contributed by atoms with van der Waals surface area (Å²) < 4.78 is -0.691. The third-order valence-corrected chi connectivity index (χ3v) is 4.63. The fourth-order valence-electron chi connectivity index (χ4n) is 3.07. The second-order valence-corrected chi connectivity index (χ2v) is 7.20. The van der Waals surface area contributed by atoms with E-state index in [1.165, 1.54) is 11.8 Å². The Labute approximate surface area is 102 Å². The lowest BCUT2D eigenvalue weighted by atomic mass is 9.67. The van der Waals surface area contributed by atoms with Crippen molar-refractivity contribution >= 4 is 17.7 Å². The van der Waals surface area contributed by atoms with Crippen molar-refractivity contribution in [3.05, 3.63) is 0 Å². The standard InChI is InChI=1S/C12H22O3S/c1-9-6-11(2,3)8-12(7-9,10(14)15)16-5-4-13/h9,13H,4-8H2,1-3H3,(H,14,15). The minimum atomic E-state index is -0.717. The first-order valence-electron chi connectivity index (χ1n) is 5.79. The molecular formula is C12H22O3S. The normalized spacial score (nSPS) is 33.6. The molecule has 4 heteroatoms. The van der Waals surface area contributed by atoms with Gasteiger partial charge in [-0.2, -0.15) is 0 Å². The molecule has 1 aliphatic rings. The van der Waals surface area contributed by atoms with Crippen LogP contribution in [0.25, 0.3) is 0 Å². The van der Waals surface area contributed by atoms with Gasteiger partial charge in [0.05, 0.1) is 6.61 Å². The van der Waals surface area contributed by atoms with E-state index < -0.39 is 10.7 Å². The zero-order chi connectivity index (χ0) is 12.4. The molecular weight excluding hydrogens is 224 g/mol. The second kappa shape index (κ2) is 4.96. The first-order valence-corrected chi connectivity index (χ1v) is 6.78. The van der Waals surface area contributed by atoms with Crippen LogP contribution in [-0.4, -0.2) is 33.3 Å². The van der Waals surface area contributed by atoms with E-state index in [4.69, 9.17) is 5.11 Å². The monoisotopic (exact) mass is 246 g/mol. The Morgan fingerprint density at radius 3 is 2.50 bits per heavy atom. The zero-order valence-corrected chi connectivity index (χ0v) is 11.1. The lowest BCUT2D eigenvalue weighted by molar-refractivity contribution is -0.142. The molecule has 0 aromatic carbocycles. The summed E-state index contributed by atoms with van der Waals surface area (Å²) in [6, 6.07) is 0. The van der Waals surface area contributed by atoms with Gasteiger partial charge >= 0.3 is 5.97 Å². The van der Waals surface area contributed by atoms with Gasteiger partial charge in [-0.25, -0.2) is 0 Å². The summed E-state index contributed by atoms with van der Waals surface area (Å²) in [6.45, 7) is 6.45. The first-order chi connectivity index (χ1) is 7.31. The van der Waals surface area contributed by atoms with Crippen molar-refractivity contribution in [3.8, 4) is 0 Å². The number of hydrogen-bond donors (Lipinski definition) is 2. The molecule has 0 amide bonds. The molecule has 1 fully saturated rings. The number of aliphatic carboxylic acids is 1. The Hall–Kier alpha value is -0.220. The number of aliphatic hydroxyl groups is 1. The summed E-state index contributed by atoms with van der Waals surface area (Å²) in [6.07, 6.45) is 2.50. The van der Waals surface area contributed by atoms with Gasteiger partial charge in [-0.3, -0.25) is 4.79 Å². The number of aliphatic hydroxyl groups excluding tert-OH is 1. The highest BCUT2D eigenvalue weighted by molar-refractivity contribution is 8.01. The van der Waals surface area contributed by atoms with Crippen LogP contribution in [0.1, 0.15) is 40.0 Å². The van der Waals surface area contributed by atoms with Crippen LogP contribution in [-0.2, 0) is 4.79 Å². The van der Waals surface area contributed by atoms with Gasteiger partial charge in [-0.05, 0) is 30.6 Å². The SMILES string of the molecule is CC1CC(C)(C)CC(SCCO)(C(=O)O)C1. The van der Waals surface area contributed by atoms with Gasteiger partial charge in [0.15, 0.2) is 0 Å². The van der Waals surface area contributed by atoms with Crippen LogP contribution in [0.5, 0.6) is 0 Å². The van der Waals surface area contributed by atoms with Crippen molar-refractivity contribution in [2.75, 3.05) is 12.4 Å². The Bertz CT molecular complexity index is 265. The van der Waals surface area contributed by atoms with Crippen LogP contribution < -0.4 is 0 Å². The molecule has 16 heavy (non-hydrogen) atoms. The van der Waals surface area contributed by atoms with Gasteiger partial charge in [0.1, 0.15) is 4.75 Å². The largest absolute Gasteiger partial charge is 0.480 e. The van der Waals surface area contributed by atoms with Crippen molar-refractivity contribution < 1.29 is 15.0 Å². The third kappa shape index (κ3) is 3.14. The Balaban J connectivity index is 2.87. The maximum Gasteiger partial charge on any atom is 0.319 e. The Morgan fingerprint density at radius 1 is 1.44 bits per heavy atom. The fraction of sp³-hybridized carbons (Fsp3) is 0.917. The number of carboxylic acids is 1. The van der Waals surface area contributed by atoms with Gasteiger partial charge < -0.3 is 10.2 Å². The molecule has 0 aromatic heterocycles. The minimum absolute atomic E-state index is 0.0501. The average molecular weight is 246 g/mol. The van der Waals surface area contributed by atoms with Crippen molar-refractivity contribution in [3.63, 3.8) is 0 Å². The van der Waals surface area contributed by atoms with Crippen molar-refractivity contribution in [1.29, 1.82) is 0 Å². The summed E-state index contributed by atoms with van der Waals surface area (Å²) in [5.74, 6) is 0.228. The topological polar surface area (TPSA) is 57.5 Å². The molecule has 1 rings (SSSR count). The molecule has 0 aromatic rings. The van der Waals surface area contributed by atoms with Gasteiger partial charge in [-0.1, -0.05) is 20.8 Å². The van der Waals surface area contributed by atoms with Gasteiger partial charge in [0, 0.05) is 5.75 Å². The summed E-state index contributed by atoms with van der Waals surface area (Å²) in [7, 11) is 0.